The zero-order valence-corrected chi connectivity index (χ0v) is 46.4. The van der Waals surface area contributed by atoms with Gasteiger partial charge in [-0.3, -0.25) is 14.5 Å². The number of carboxylic acid groups (broad SMARTS) is 1. The van der Waals surface area contributed by atoms with E-state index in [1.807, 2.05) is 60.7 Å². The van der Waals surface area contributed by atoms with Crippen LogP contribution in [0.15, 0.2) is 133 Å². The van der Waals surface area contributed by atoms with Crippen molar-refractivity contribution in [1.82, 2.24) is 10.2 Å². The van der Waals surface area contributed by atoms with Crippen LogP contribution in [0.25, 0.3) is 21.5 Å². The van der Waals surface area contributed by atoms with Crippen LogP contribution >= 0.6 is 0 Å². The summed E-state index contributed by atoms with van der Waals surface area (Å²) in [5.74, 6) is 4.35. The fraction of sp³-hybridized carbons (Fsp3) is 0.478. The molecule has 4 aliphatic rings. The molecule has 76 heavy (non-hydrogen) atoms. The fourth-order valence-corrected chi connectivity index (χ4v) is 12.3. The number of carbonyl (C=O) groups is 2. The highest BCUT2D eigenvalue weighted by molar-refractivity contribution is 5.90. The molecule has 2 atom stereocenters. The summed E-state index contributed by atoms with van der Waals surface area (Å²) in [5, 5.41) is 18.1. The molecule has 0 aromatic heterocycles. The van der Waals surface area contributed by atoms with Crippen LogP contribution in [0.2, 0.25) is 0 Å². The number of aliphatic carboxylic acids is 1. The number of likely N-dealkylation sites (tertiary alicyclic amines) is 1. The molecule has 2 saturated heterocycles. The first-order chi connectivity index (χ1) is 36.5. The maximum Gasteiger partial charge on any atom is 0.373 e. The number of ether oxygens (including phenoxy) is 2. The number of benzene rings is 6. The van der Waals surface area contributed by atoms with Crippen molar-refractivity contribution in [2.75, 3.05) is 26.2 Å². The van der Waals surface area contributed by atoms with Gasteiger partial charge in [0.25, 0.3) is 0 Å². The van der Waals surface area contributed by atoms with Gasteiger partial charge in [-0.1, -0.05) is 146 Å². The van der Waals surface area contributed by atoms with Crippen molar-refractivity contribution in [3.8, 4) is 11.5 Å². The highest BCUT2D eigenvalue weighted by Gasteiger charge is 2.43. The Kier molecular flexibility index (Phi) is 20.3. The van der Waals surface area contributed by atoms with E-state index >= 15 is 0 Å². The minimum Gasteiger partial charge on any atom is -0.490 e. The summed E-state index contributed by atoms with van der Waals surface area (Å²) >= 11 is 0. The van der Waals surface area contributed by atoms with Crippen LogP contribution in [-0.4, -0.2) is 66.8 Å². The number of carbonyl (C=O) groups excluding carboxylic acids is 3. The number of hydrogen-bond donors (Lipinski definition) is 2. The highest BCUT2D eigenvalue weighted by Crippen LogP contribution is 2.41. The predicted octanol–water partition coefficient (Wildman–Crippen LogP) is 14.9. The Hall–Kier alpha value is -6.12. The van der Waals surface area contributed by atoms with Crippen LogP contribution in [-0.2, 0) is 26.3 Å². The van der Waals surface area contributed by atoms with E-state index in [1.54, 1.807) is 0 Å². The lowest BCUT2D eigenvalue weighted by atomic mass is 9.72. The van der Waals surface area contributed by atoms with E-state index in [1.165, 1.54) is 67.1 Å². The van der Waals surface area contributed by atoms with Crippen molar-refractivity contribution in [3.63, 3.8) is 0 Å². The number of nitrogens with zero attached hydrogens (tertiary/aromatic N) is 1. The van der Waals surface area contributed by atoms with E-state index in [9.17, 15) is 14.7 Å². The molecule has 2 aliphatic heterocycles. The number of piperidine rings is 2. The van der Waals surface area contributed by atoms with Gasteiger partial charge in [-0.2, -0.15) is 9.59 Å². The average molecular weight is 1030 g/mol. The first-order valence-electron chi connectivity index (χ1n) is 28.1. The lowest BCUT2D eigenvalue weighted by Crippen LogP contribution is -2.47. The molecule has 9 nitrogen and oxygen atoms in total. The summed E-state index contributed by atoms with van der Waals surface area (Å²) in [7, 11) is 0. The first kappa shape index (κ1) is 57.6. The molecule has 4 fully saturated rings. The molecule has 9 heteroatoms. The number of aldehydes is 1. The Morgan fingerprint density at radius 1 is 0.645 bits per heavy atom. The molecule has 0 amide bonds. The molecular weight excluding hydrogens is 945 g/mol. The van der Waals surface area contributed by atoms with Gasteiger partial charge in [0, 0.05) is 12.1 Å². The molecule has 6 aromatic carbocycles. The van der Waals surface area contributed by atoms with Crippen LogP contribution in [0.5, 0.6) is 11.5 Å². The molecule has 2 saturated carbocycles. The molecular formula is C67H84N2O7. The molecule has 2 heterocycles. The zero-order chi connectivity index (χ0) is 54.3. The van der Waals surface area contributed by atoms with Gasteiger partial charge in [-0.15, -0.1) is 0 Å². The van der Waals surface area contributed by atoms with Gasteiger partial charge in [-0.25, -0.2) is 0 Å². The summed E-state index contributed by atoms with van der Waals surface area (Å²) < 4.78 is 12.6. The Labute approximate surface area is 453 Å². The lowest BCUT2D eigenvalue weighted by Gasteiger charge is -2.39. The molecule has 2 aliphatic carbocycles. The minimum absolute atomic E-state index is 0.250. The highest BCUT2D eigenvalue weighted by atomic mass is 16.5. The van der Waals surface area contributed by atoms with Crippen molar-refractivity contribution in [1.29, 1.82) is 0 Å². The quantitative estimate of drug-likeness (QED) is 0.129. The van der Waals surface area contributed by atoms with Crippen molar-refractivity contribution in [2.24, 2.45) is 28.6 Å². The van der Waals surface area contributed by atoms with Crippen LogP contribution in [0.4, 0.5) is 0 Å². The van der Waals surface area contributed by atoms with E-state index in [0.717, 1.165) is 103 Å². The van der Waals surface area contributed by atoms with E-state index in [2.05, 4.69) is 131 Å². The van der Waals surface area contributed by atoms with Gasteiger partial charge >= 0.3 is 12.1 Å². The van der Waals surface area contributed by atoms with Gasteiger partial charge in [0.15, 0.2) is 0 Å². The second-order valence-electron chi connectivity index (χ2n) is 24.2. The Morgan fingerprint density at radius 3 is 1.61 bits per heavy atom. The Balaban J connectivity index is 0.000000182. The molecule has 0 spiro atoms. The van der Waals surface area contributed by atoms with E-state index in [4.69, 9.17) is 19.1 Å². The third kappa shape index (κ3) is 15.7. The van der Waals surface area contributed by atoms with Crippen LogP contribution < -0.4 is 14.8 Å². The SMILES string of the molecule is CC(C)(C)C1CCC(Oc2ccc3cc(C=O)ccc3c2)CC1.CC(C)(C)C1CCC(Oc2ccc3cc(CN4CCC(C(=O)O)(c5ccccc5)CC4)ccc3c2)CC1.CC1CNCCC1c1ccccc1.O=C=O. The van der Waals surface area contributed by atoms with Crippen molar-refractivity contribution < 1.29 is 33.8 Å². The van der Waals surface area contributed by atoms with Gasteiger partial charge in [0.1, 0.15) is 17.8 Å². The van der Waals surface area contributed by atoms with Crippen molar-refractivity contribution in [2.45, 2.75) is 149 Å². The number of fused-ring (bicyclic) bond motifs is 2. The van der Waals surface area contributed by atoms with Gasteiger partial charge in [-0.05, 0) is 206 Å². The summed E-state index contributed by atoms with van der Waals surface area (Å²) in [6.45, 7) is 21.2. The molecule has 2 unspecified atom stereocenters. The van der Waals surface area contributed by atoms with Crippen molar-refractivity contribution >= 4 is 40.0 Å². The van der Waals surface area contributed by atoms with Crippen molar-refractivity contribution in [3.05, 3.63) is 156 Å². The normalized spacial score (nSPS) is 22.7. The second-order valence-corrected chi connectivity index (χ2v) is 24.2. The first-order valence-corrected chi connectivity index (χ1v) is 28.1. The zero-order valence-electron chi connectivity index (χ0n) is 46.4. The fourth-order valence-electron chi connectivity index (χ4n) is 12.3. The van der Waals surface area contributed by atoms with E-state index in [-0.39, 0.29) is 6.15 Å². The van der Waals surface area contributed by atoms with Crippen LogP contribution in [0.3, 0.4) is 0 Å². The molecule has 0 bridgehead atoms. The summed E-state index contributed by atoms with van der Waals surface area (Å²) in [5.41, 5.74) is 4.44. The monoisotopic (exact) mass is 1030 g/mol. The third-order valence-corrected chi connectivity index (χ3v) is 17.1. The molecule has 10 rings (SSSR count). The average Bonchev–Trinajstić information content (AvgIpc) is 3.42. The summed E-state index contributed by atoms with van der Waals surface area (Å²) in [4.78, 5) is 41.8. The smallest absolute Gasteiger partial charge is 0.373 e. The number of rotatable bonds is 10. The van der Waals surface area contributed by atoms with Gasteiger partial charge in [0.2, 0.25) is 0 Å². The Bertz CT molecular complexity index is 2800. The van der Waals surface area contributed by atoms with E-state index in [0.29, 0.717) is 41.4 Å². The molecule has 404 valence electrons. The minimum atomic E-state index is -0.774. The maximum atomic E-state index is 12.3. The second kappa shape index (κ2) is 26.8. The van der Waals surface area contributed by atoms with Crippen LogP contribution in [0.1, 0.15) is 152 Å². The molecule has 0 radical (unpaired) electrons. The maximum absolute atomic E-state index is 12.3. The third-order valence-electron chi connectivity index (χ3n) is 17.1. The van der Waals surface area contributed by atoms with Gasteiger partial charge in [0.05, 0.1) is 17.6 Å². The number of nitrogens with one attached hydrogen (secondary N) is 1. The largest absolute Gasteiger partial charge is 0.490 e. The molecule has 2 N–H and O–H groups in total. The summed E-state index contributed by atoms with van der Waals surface area (Å²) in [6.07, 6.45) is 13.9. The predicted molar refractivity (Wildman–Crippen MR) is 306 cm³/mol. The lowest BCUT2D eigenvalue weighted by molar-refractivity contribution is -0.191. The Morgan fingerprint density at radius 2 is 1.12 bits per heavy atom. The number of hydrogen-bond acceptors (Lipinski definition) is 8. The van der Waals surface area contributed by atoms with E-state index < -0.39 is 11.4 Å². The number of carboxylic acids is 1. The standard InChI is InChI=1S/C33H41NO3.C21H26O2.C12H17N.CO2/c1-32(2,3)27-12-15-29(16-13-27)37-30-14-11-25-21-24(9-10-26(25)22-30)23-34-19-17-33(18-20-34,31(35)36)28-7-5-4-6-8-28;1-21(2,3)18-7-10-19(11-8-18)23-20-9-6-16-12-15(14-22)4-5-17(16)13-20;1-10-9-13-8-7-12(10)11-5-3-2-4-6-11;2-1-3/h4-11,14,21-22,27,29H,12-13,15-20,23H2,1-3H3,(H,35,36);4-6,9,12-14,18-19H,7-8,10-11H2,1-3H3;2-6,10,12-13H,7-9H2,1H3;. The summed E-state index contributed by atoms with van der Waals surface area (Å²) in [6, 6.07) is 45.7. The van der Waals surface area contributed by atoms with Crippen LogP contribution in [0, 0.1) is 28.6 Å². The molecule has 6 aromatic rings. The van der Waals surface area contributed by atoms with Gasteiger partial charge < -0.3 is 19.9 Å². The topological polar surface area (TPSA) is 122 Å².